The Hall–Kier alpha value is -6.16. The van der Waals surface area contributed by atoms with E-state index in [4.69, 9.17) is 9.97 Å². The molecular weight excluding hydrogens is 613 g/mol. The van der Waals surface area contributed by atoms with E-state index in [9.17, 15) is 0 Å². The number of thiophene rings is 1. The maximum absolute atomic E-state index is 5.22. The third kappa shape index (κ3) is 5.50. The summed E-state index contributed by atoms with van der Waals surface area (Å²) >= 11 is 1.84. The molecule has 0 bridgehead atoms. The minimum Gasteiger partial charge on any atom is -0.228 e. The fourth-order valence-corrected chi connectivity index (χ4v) is 7.82. The van der Waals surface area contributed by atoms with Crippen LogP contribution in [0.4, 0.5) is 0 Å². The third-order valence-electron chi connectivity index (χ3n) is 9.13. The van der Waals surface area contributed by atoms with E-state index in [2.05, 4.69) is 164 Å². The van der Waals surface area contributed by atoms with Crippen molar-refractivity contribution in [3.63, 3.8) is 0 Å². The van der Waals surface area contributed by atoms with E-state index in [0.29, 0.717) is 5.82 Å². The van der Waals surface area contributed by atoms with Crippen LogP contribution in [0.5, 0.6) is 0 Å². The predicted molar refractivity (Wildman–Crippen MR) is 208 cm³/mol. The Morgan fingerprint density at radius 3 is 1.61 bits per heavy atom. The van der Waals surface area contributed by atoms with Crippen LogP contribution >= 0.6 is 11.3 Å². The van der Waals surface area contributed by atoms with Gasteiger partial charge in [-0.1, -0.05) is 152 Å². The molecule has 0 atom stereocenters. The van der Waals surface area contributed by atoms with Crippen LogP contribution in [0, 0.1) is 0 Å². The fourth-order valence-electron chi connectivity index (χ4n) is 6.73. The summed E-state index contributed by atoms with van der Waals surface area (Å²) in [4.78, 5) is 10.4. The van der Waals surface area contributed by atoms with Crippen LogP contribution in [-0.4, -0.2) is 9.97 Å². The molecule has 0 unspecified atom stereocenters. The van der Waals surface area contributed by atoms with Crippen molar-refractivity contribution in [3.8, 4) is 67.3 Å². The second-order valence-corrected chi connectivity index (χ2v) is 13.3. The smallest absolute Gasteiger partial charge is 0.160 e. The molecule has 0 fully saturated rings. The van der Waals surface area contributed by atoms with E-state index in [1.165, 1.54) is 48.0 Å². The topological polar surface area (TPSA) is 25.8 Å². The quantitative estimate of drug-likeness (QED) is 0.180. The van der Waals surface area contributed by atoms with Gasteiger partial charge < -0.3 is 0 Å². The molecule has 2 heterocycles. The van der Waals surface area contributed by atoms with Crippen molar-refractivity contribution >= 4 is 31.5 Å². The van der Waals surface area contributed by atoms with Gasteiger partial charge in [-0.2, -0.15) is 0 Å². The zero-order chi connectivity index (χ0) is 32.6. The van der Waals surface area contributed by atoms with Gasteiger partial charge in [-0.05, 0) is 63.7 Å². The molecular formula is C46H30N2S. The molecule has 2 nitrogen and oxygen atoms in total. The largest absolute Gasteiger partial charge is 0.228 e. The standard InChI is InChI=1S/C46H30N2S/c1-4-14-31(15-5-1)37-26-24-35(29-40(37)32-16-6-2-7-17-32)42-30-43(48-46(47-42)33-18-8-3-9-19-33)38-21-11-10-20-36(38)34-25-27-45-41(28-34)39-22-12-13-23-44(39)49-45/h1-30H. The molecule has 0 aliphatic carbocycles. The zero-order valence-corrected chi connectivity index (χ0v) is 27.4. The van der Waals surface area contributed by atoms with Crippen molar-refractivity contribution in [2.75, 3.05) is 0 Å². The van der Waals surface area contributed by atoms with Gasteiger partial charge in [-0.15, -0.1) is 11.3 Å². The van der Waals surface area contributed by atoms with E-state index in [-0.39, 0.29) is 0 Å². The minimum absolute atomic E-state index is 0.704. The Balaban J connectivity index is 1.24. The van der Waals surface area contributed by atoms with Crippen molar-refractivity contribution in [2.45, 2.75) is 0 Å². The molecule has 2 aromatic heterocycles. The number of hydrogen-bond donors (Lipinski definition) is 0. The van der Waals surface area contributed by atoms with Gasteiger partial charge in [0.1, 0.15) is 0 Å². The Morgan fingerprint density at radius 1 is 0.306 bits per heavy atom. The summed E-state index contributed by atoms with van der Waals surface area (Å²) in [5.74, 6) is 0.704. The third-order valence-corrected chi connectivity index (χ3v) is 10.3. The summed E-state index contributed by atoms with van der Waals surface area (Å²) in [5, 5.41) is 2.58. The fraction of sp³-hybridized carbons (Fsp3) is 0. The lowest BCUT2D eigenvalue weighted by Gasteiger charge is -2.15. The molecule has 0 radical (unpaired) electrons. The van der Waals surface area contributed by atoms with Gasteiger partial charge in [-0.25, -0.2) is 9.97 Å². The highest BCUT2D eigenvalue weighted by molar-refractivity contribution is 7.25. The Morgan fingerprint density at radius 2 is 0.857 bits per heavy atom. The molecule has 0 saturated carbocycles. The average Bonchev–Trinajstić information content (AvgIpc) is 3.56. The van der Waals surface area contributed by atoms with Crippen LogP contribution in [0.1, 0.15) is 0 Å². The summed E-state index contributed by atoms with van der Waals surface area (Å²) in [6.07, 6.45) is 0. The van der Waals surface area contributed by atoms with Crippen LogP contribution in [-0.2, 0) is 0 Å². The van der Waals surface area contributed by atoms with Crippen LogP contribution in [0.3, 0.4) is 0 Å². The lowest BCUT2D eigenvalue weighted by Crippen LogP contribution is -1.97. The maximum Gasteiger partial charge on any atom is 0.160 e. The molecule has 3 heteroatoms. The number of nitrogens with zero attached hydrogens (tertiary/aromatic N) is 2. The first-order valence-corrected chi connectivity index (χ1v) is 17.3. The normalized spacial score (nSPS) is 11.3. The van der Waals surface area contributed by atoms with Gasteiger partial charge in [0.15, 0.2) is 5.82 Å². The monoisotopic (exact) mass is 642 g/mol. The van der Waals surface area contributed by atoms with E-state index in [1.807, 2.05) is 29.5 Å². The lowest BCUT2D eigenvalue weighted by molar-refractivity contribution is 1.18. The van der Waals surface area contributed by atoms with Crippen molar-refractivity contribution < 1.29 is 0 Å². The average molecular weight is 643 g/mol. The SMILES string of the molecule is c1ccc(-c2nc(-c3ccc(-c4ccccc4)c(-c4ccccc4)c3)cc(-c3ccccc3-c3ccc4sc5ccccc5c4c3)n2)cc1. The molecule has 9 aromatic rings. The van der Waals surface area contributed by atoms with Crippen LogP contribution < -0.4 is 0 Å². The summed E-state index contributed by atoms with van der Waals surface area (Å²) in [7, 11) is 0. The molecule has 0 aliphatic heterocycles. The highest BCUT2D eigenvalue weighted by Gasteiger charge is 2.17. The van der Waals surface area contributed by atoms with Crippen LogP contribution in [0.2, 0.25) is 0 Å². The molecule has 49 heavy (non-hydrogen) atoms. The van der Waals surface area contributed by atoms with Gasteiger partial charge in [-0.3, -0.25) is 0 Å². The van der Waals surface area contributed by atoms with Gasteiger partial charge in [0.2, 0.25) is 0 Å². The molecule has 0 N–H and O–H groups in total. The Kier molecular flexibility index (Phi) is 7.38. The second-order valence-electron chi connectivity index (χ2n) is 12.2. The highest BCUT2D eigenvalue weighted by Crippen LogP contribution is 2.40. The van der Waals surface area contributed by atoms with Gasteiger partial charge in [0.05, 0.1) is 11.4 Å². The Bertz CT molecular complexity index is 2590. The molecule has 230 valence electrons. The number of aromatic nitrogens is 2. The van der Waals surface area contributed by atoms with Crippen LogP contribution in [0.25, 0.3) is 87.5 Å². The summed E-state index contributed by atoms with van der Waals surface area (Å²) in [6.45, 7) is 0. The van der Waals surface area contributed by atoms with E-state index in [0.717, 1.165) is 33.6 Å². The summed E-state index contributed by atoms with van der Waals surface area (Å²) in [6, 6.07) is 64.4. The zero-order valence-electron chi connectivity index (χ0n) is 26.6. The number of hydrogen-bond acceptors (Lipinski definition) is 3. The van der Waals surface area contributed by atoms with Crippen molar-refractivity contribution in [1.29, 1.82) is 0 Å². The first kappa shape index (κ1) is 29.0. The maximum atomic E-state index is 5.22. The molecule has 0 aliphatic rings. The lowest BCUT2D eigenvalue weighted by atomic mass is 9.91. The summed E-state index contributed by atoms with van der Waals surface area (Å²) in [5.41, 5.74) is 11.9. The van der Waals surface area contributed by atoms with Crippen molar-refractivity contribution in [1.82, 2.24) is 9.97 Å². The molecule has 0 spiro atoms. The van der Waals surface area contributed by atoms with E-state index >= 15 is 0 Å². The number of benzene rings is 7. The van der Waals surface area contributed by atoms with Gasteiger partial charge >= 0.3 is 0 Å². The molecule has 7 aromatic carbocycles. The molecule has 9 rings (SSSR count). The Labute approximate surface area is 289 Å². The second kappa shape index (κ2) is 12.5. The number of rotatable bonds is 6. The minimum atomic E-state index is 0.704. The van der Waals surface area contributed by atoms with Crippen molar-refractivity contribution in [3.05, 3.63) is 182 Å². The first-order chi connectivity index (χ1) is 24.3. The molecule has 0 saturated heterocycles. The number of fused-ring (bicyclic) bond motifs is 3. The van der Waals surface area contributed by atoms with Gasteiger partial charge in [0.25, 0.3) is 0 Å². The summed E-state index contributed by atoms with van der Waals surface area (Å²) < 4.78 is 2.61. The van der Waals surface area contributed by atoms with E-state index < -0.39 is 0 Å². The highest BCUT2D eigenvalue weighted by atomic mass is 32.1. The van der Waals surface area contributed by atoms with Crippen molar-refractivity contribution in [2.24, 2.45) is 0 Å². The first-order valence-electron chi connectivity index (χ1n) is 16.5. The van der Waals surface area contributed by atoms with Crippen LogP contribution in [0.15, 0.2) is 182 Å². The molecule has 0 amide bonds. The van der Waals surface area contributed by atoms with E-state index in [1.54, 1.807) is 0 Å². The predicted octanol–water partition coefficient (Wildman–Crippen LogP) is 12.8. The van der Waals surface area contributed by atoms with Gasteiger partial charge in [0, 0.05) is 36.9 Å².